The molecular weight excluding hydrogens is 348 g/mol. The van der Waals surface area contributed by atoms with E-state index in [1.165, 1.54) is 34.9 Å². The first kappa shape index (κ1) is 19.0. The monoisotopic (exact) mass is 378 g/mol. The van der Waals surface area contributed by atoms with Crippen LogP contribution in [0.25, 0.3) is 22.0 Å². The first-order chi connectivity index (χ1) is 13.8. The van der Waals surface area contributed by atoms with E-state index in [2.05, 4.69) is 58.1 Å². The number of ether oxygens (including phenoxy) is 1. The van der Waals surface area contributed by atoms with Gasteiger partial charge in [-0.15, -0.1) is 0 Å². The number of nitrogens with two attached hydrogens (primary N) is 1. The van der Waals surface area contributed by atoms with E-state index < -0.39 is 0 Å². The Labute approximate surface area is 166 Å². The summed E-state index contributed by atoms with van der Waals surface area (Å²) in [5.41, 5.74) is 10.4. The maximum absolute atomic E-state index is 5.90. The summed E-state index contributed by atoms with van der Waals surface area (Å²) in [6.07, 6.45) is 4.48. The van der Waals surface area contributed by atoms with Crippen LogP contribution in [-0.2, 0) is 6.54 Å². The van der Waals surface area contributed by atoms with E-state index >= 15 is 0 Å². The number of aromatic amines is 1. The number of fused-ring (bicyclic) bond motifs is 1. The highest BCUT2D eigenvalue weighted by molar-refractivity contribution is 5.85. The SMILES string of the molecule is NCCOc1ccc(-c2ccc3[nH]ccc3c2)cc1CNCC1CCNCC1. The highest BCUT2D eigenvalue weighted by Crippen LogP contribution is 2.29. The number of H-pyrrole nitrogens is 1. The number of piperidine rings is 1. The maximum Gasteiger partial charge on any atom is 0.123 e. The highest BCUT2D eigenvalue weighted by Gasteiger charge is 2.13. The highest BCUT2D eigenvalue weighted by atomic mass is 16.5. The number of aromatic nitrogens is 1. The van der Waals surface area contributed by atoms with Crippen LogP contribution in [0.15, 0.2) is 48.7 Å². The summed E-state index contributed by atoms with van der Waals surface area (Å²) in [7, 11) is 0. The smallest absolute Gasteiger partial charge is 0.123 e. The van der Waals surface area contributed by atoms with Crippen molar-refractivity contribution in [3.63, 3.8) is 0 Å². The Balaban J connectivity index is 1.51. The largest absolute Gasteiger partial charge is 0.492 e. The van der Waals surface area contributed by atoms with E-state index in [-0.39, 0.29) is 0 Å². The third-order valence-corrected chi connectivity index (χ3v) is 5.53. The summed E-state index contributed by atoms with van der Waals surface area (Å²) in [6.45, 7) is 5.19. The van der Waals surface area contributed by atoms with Crippen molar-refractivity contribution in [3.05, 3.63) is 54.2 Å². The molecule has 1 saturated heterocycles. The standard InChI is InChI=1S/C23H30N4O/c24-8-12-28-23-4-2-19(18-1-3-22-20(13-18)7-11-27-22)14-21(23)16-26-15-17-5-9-25-10-6-17/h1-4,7,11,13-14,17,25-27H,5-6,8-10,12,15-16,24H2. The van der Waals surface area contributed by atoms with Crippen molar-refractivity contribution in [1.82, 2.24) is 15.6 Å². The number of hydrogen-bond acceptors (Lipinski definition) is 4. The second-order valence-electron chi connectivity index (χ2n) is 7.56. The molecule has 1 aliphatic heterocycles. The molecule has 0 unspecified atom stereocenters. The Bertz CT molecular complexity index is 899. The molecule has 5 N–H and O–H groups in total. The number of hydrogen-bond donors (Lipinski definition) is 4. The summed E-state index contributed by atoms with van der Waals surface area (Å²) in [5.74, 6) is 1.68. The average molecular weight is 379 g/mol. The van der Waals surface area contributed by atoms with Gasteiger partial charge in [-0.2, -0.15) is 0 Å². The van der Waals surface area contributed by atoms with Gasteiger partial charge in [-0.1, -0.05) is 12.1 Å². The topological polar surface area (TPSA) is 75.1 Å². The van der Waals surface area contributed by atoms with Gasteiger partial charge >= 0.3 is 0 Å². The summed E-state index contributed by atoms with van der Waals surface area (Å²) < 4.78 is 5.90. The minimum Gasteiger partial charge on any atom is -0.492 e. The zero-order valence-corrected chi connectivity index (χ0v) is 16.3. The van der Waals surface area contributed by atoms with Gasteiger partial charge in [0, 0.05) is 30.4 Å². The predicted molar refractivity (Wildman–Crippen MR) is 116 cm³/mol. The van der Waals surface area contributed by atoms with E-state index in [0.29, 0.717) is 13.2 Å². The summed E-state index contributed by atoms with van der Waals surface area (Å²) in [6, 6.07) is 15.1. The van der Waals surface area contributed by atoms with Crippen molar-refractivity contribution < 1.29 is 4.74 Å². The normalized spacial score (nSPS) is 15.2. The van der Waals surface area contributed by atoms with Crippen LogP contribution in [0.1, 0.15) is 18.4 Å². The van der Waals surface area contributed by atoms with Crippen molar-refractivity contribution >= 4 is 10.9 Å². The molecule has 4 rings (SSSR count). The maximum atomic E-state index is 5.90. The minimum absolute atomic E-state index is 0.522. The van der Waals surface area contributed by atoms with Gasteiger partial charge in [0.15, 0.2) is 0 Å². The Hall–Kier alpha value is -2.34. The molecule has 148 valence electrons. The van der Waals surface area contributed by atoms with Gasteiger partial charge in [0.1, 0.15) is 12.4 Å². The van der Waals surface area contributed by atoms with Crippen LogP contribution in [0.4, 0.5) is 0 Å². The van der Waals surface area contributed by atoms with Crippen LogP contribution in [0.2, 0.25) is 0 Å². The fourth-order valence-corrected chi connectivity index (χ4v) is 3.94. The lowest BCUT2D eigenvalue weighted by Crippen LogP contribution is -2.33. The van der Waals surface area contributed by atoms with E-state index in [0.717, 1.165) is 43.4 Å². The van der Waals surface area contributed by atoms with Crippen LogP contribution in [0.3, 0.4) is 0 Å². The lowest BCUT2D eigenvalue weighted by molar-refractivity contribution is 0.321. The van der Waals surface area contributed by atoms with E-state index in [1.807, 2.05) is 6.20 Å². The molecule has 0 amide bonds. The second-order valence-corrected chi connectivity index (χ2v) is 7.56. The van der Waals surface area contributed by atoms with Gasteiger partial charge in [-0.05, 0) is 85.2 Å². The van der Waals surface area contributed by atoms with Crippen LogP contribution in [-0.4, -0.2) is 37.8 Å². The molecule has 0 spiro atoms. The molecule has 3 aromatic rings. The molecule has 1 aromatic heterocycles. The van der Waals surface area contributed by atoms with E-state index in [4.69, 9.17) is 10.5 Å². The van der Waals surface area contributed by atoms with Gasteiger partial charge < -0.3 is 26.1 Å². The molecule has 5 nitrogen and oxygen atoms in total. The molecule has 0 aliphatic carbocycles. The van der Waals surface area contributed by atoms with E-state index in [1.54, 1.807) is 0 Å². The lowest BCUT2D eigenvalue weighted by atomic mass is 9.98. The minimum atomic E-state index is 0.522. The summed E-state index contributed by atoms with van der Waals surface area (Å²) >= 11 is 0. The van der Waals surface area contributed by atoms with Crippen LogP contribution in [0, 0.1) is 5.92 Å². The van der Waals surface area contributed by atoms with Crippen molar-refractivity contribution in [2.75, 3.05) is 32.8 Å². The fourth-order valence-electron chi connectivity index (χ4n) is 3.94. The zero-order valence-electron chi connectivity index (χ0n) is 16.3. The molecule has 2 heterocycles. The van der Waals surface area contributed by atoms with Crippen LogP contribution < -0.4 is 21.1 Å². The molecule has 0 atom stereocenters. The average Bonchev–Trinajstić information content (AvgIpc) is 3.21. The van der Waals surface area contributed by atoms with Crippen molar-refractivity contribution in [1.29, 1.82) is 0 Å². The van der Waals surface area contributed by atoms with Gasteiger partial charge in [-0.25, -0.2) is 0 Å². The zero-order chi connectivity index (χ0) is 19.2. The number of nitrogens with one attached hydrogen (secondary N) is 3. The Morgan fingerprint density at radius 2 is 1.86 bits per heavy atom. The van der Waals surface area contributed by atoms with Crippen molar-refractivity contribution in [2.45, 2.75) is 19.4 Å². The second kappa shape index (κ2) is 9.24. The summed E-state index contributed by atoms with van der Waals surface area (Å²) in [4.78, 5) is 3.25. The van der Waals surface area contributed by atoms with Gasteiger partial charge in [0.2, 0.25) is 0 Å². The number of benzene rings is 2. The Morgan fingerprint density at radius 3 is 2.71 bits per heavy atom. The van der Waals surface area contributed by atoms with Crippen LogP contribution in [0.5, 0.6) is 5.75 Å². The van der Waals surface area contributed by atoms with Crippen molar-refractivity contribution in [2.24, 2.45) is 11.7 Å². The molecule has 0 radical (unpaired) electrons. The predicted octanol–water partition coefficient (Wildman–Crippen LogP) is 3.26. The summed E-state index contributed by atoms with van der Waals surface area (Å²) in [5, 5.41) is 8.31. The lowest BCUT2D eigenvalue weighted by Gasteiger charge is -2.23. The number of rotatable bonds is 8. The fraction of sp³-hybridized carbons (Fsp3) is 0.391. The Morgan fingerprint density at radius 1 is 1.04 bits per heavy atom. The van der Waals surface area contributed by atoms with Gasteiger partial charge in [-0.3, -0.25) is 0 Å². The van der Waals surface area contributed by atoms with Crippen molar-refractivity contribution in [3.8, 4) is 16.9 Å². The molecular formula is C23H30N4O. The molecule has 28 heavy (non-hydrogen) atoms. The first-order valence-electron chi connectivity index (χ1n) is 10.3. The van der Waals surface area contributed by atoms with Gasteiger partial charge in [0.05, 0.1) is 0 Å². The van der Waals surface area contributed by atoms with Gasteiger partial charge in [0.25, 0.3) is 0 Å². The molecule has 0 saturated carbocycles. The molecule has 2 aromatic carbocycles. The molecule has 1 fully saturated rings. The molecule has 0 bridgehead atoms. The third kappa shape index (κ3) is 4.55. The molecule has 5 heteroatoms. The first-order valence-corrected chi connectivity index (χ1v) is 10.3. The van der Waals surface area contributed by atoms with Crippen LogP contribution >= 0.6 is 0 Å². The molecule has 1 aliphatic rings. The Kier molecular flexibility index (Phi) is 6.27. The third-order valence-electron chi connectivity index (χ3n) is 5.53. The van der Waals surface area contributed by atoms with E-state index in [9.17, 15) is 0 Å². The quantitative estimate of drug-likeness (QED) is 0.485.